The van der Waals surface area contributed by atoms with E-state index in [4.69, 9.17) is 27.9 Å². The molecule has 0 aliphatic carbocycles. The van der Waals surface area contributed by atoms with Crippen molar-refractivity contribution in [2.45, 2.75) is 18.9 Å². The number of aromatic nitrogens is 1. The number of rotatable bonds is 5. The van der Waals surface area contributed by atoms with Gasteiger partial charge >= 0.3 is 0 Å². The van der Waals surface area contributed by atoms with Gasteiger partial charge in [0, 0.05) is 47.4 Å². The zero-order valence-electron chi connectivity index (χ0n) is 20.1. The van der Waals surface area contributed by atoms with Crippen LogP contribution in [-0.2, 0) is 11.3 Å². The van der Waals surface area contributed by atoms with Crippen LogP contribution in [0.25, 0.3) is 6.08 Å². The van der Waals surface area contributed by atoms with E-state index in [1.54, 1.807) is 53.4 Å². The fraction of sp³-hybridized carbons (Fsp3) is 0.250. The number of nitrogens with zero attached hydrogens (tertiary/aromatic N) is 2. The van der Waals surface area contributed by atoms with Gasteiger partial charge in [-0.1, -0.05) is 47.5 Å². The molecule has 3 heterocycles. The Hall–Kier alpha value is -3.55. The van der Waals surface area contributed by atoms with E-state index in [0.29, 0.717) is 41.0 Å². The van der Waals surface area contributed by atoms with E-state index in [-0.39, 0.29) is 34.6 Å². The van der Waals surface area contributed by atoms with Crippen LogP contribution in [0, 0.1) is 5.92 Å². The third kappa shape index (κ3) is 5.15. The molecule has 2 aromatic carbocycles. The Morgan fingerprint density at radius 3 is 2.62 bits per heavy atom. The third-order valence-corrected chi connectivity index (χ3v) is 7.44. The molecule has 3 aromatic rings. The summed E-state index contributed by atoms with van der Waals surface area (Å²) in [6.07, 6.45) is 2.49. The Bertz CT molecular complexity index is 1470. The lowest BCUT2D eigenvalue weighted by Gasteiger charge is -2.43. The number of carbonyl (C=O) groups is 2. The van der Waals surface area contributed by atoms with E-state index in [0.717, 1.165) is 12.1 Å². The lowest BCUT2D eigenvalue weighted by molar-refractivity contribution is -0.130. The summed E-state index contributed by atoms with van der Waals surface area (Å²) in [5.74, 6) is -0.340. The molecule has 1 saturated heterocycles. The van der Waals surface area contributed by atoms with Crippen molar-refractivity contribution < 1.29 is 14.3 Å². The smallest absolute Gasteiger partial charge is 0.270 e. The van der Waals surface area contributed by atoms with E-state index in [1.165, 1.54) is 13.2 Å². The molecule has 5 rings (SSSR count). The predicted octanol–water partition coefficient (Wildman–Crippen LogP) is 4.58. The Morgan fingerprint density at radius 2 is 1.84 bits per heavy atom. The Balaban J connectivity index is 1.48. The van der Waals surface area contributed by atoms with Gasteiger partial charge in [-0.2, -0.15) is 0 Å². The SMILES string of the molecule is COc1ccc(Cl)cc1C(=O)N/C(=C/c1ccccc1Cl)C(=O)N1C[C@H]2C[C@@H](C1)c1cccc(=O)n1C2. The van der Waals surface area contributed by atoms with E-state index < -0.39 is 5.91 Å². The molecule has 0 saturated carbocycles. The molecule has 7 nitrogen and oxygen atoms in total. The standard InChI is InChI=1S/C28H25Cl2N3O4/c1-37-25-10-9-20(29)13-21(25)27(35)31-23(12-18-5-2-3-6-22(18)30)28(36)32-14-17-11-19(16-32)24-7-4-8-26(34)33(24)15-17/h2-10,12-13,17,19H,11,14-16H2,1H3,(H,31,35)/b23-12+/t17-,19+/m1/s1. The number of hydrogen-bond acceptors (Lipinski definition) is 4. The van der Waals surface area contributed by atoms with Crippen LogP contribution in [0.4, 0.5) is 0 Å². The third-order valence-electron chi connectivity index (χ3n) is 6.86. The number of benzene rings is 2. The summed E-state index contributed by atoms with van der Waals surface area (Å²) in [6, 6.07) is 17.1. The van der Waals surface area contributed by atoms with Crippen molar-refractivity contribution in [1.29, 1.82) is 0 Å². The topological polar surface area (TPSA) is 80.6 Å². The number of ether oxygens (including phenoxy) is 1. The molecule has 1 aromatic heterocycles. The van der Waals surface area contributed by atoms with Crippen molar-refractivity contribution >= 4 is 41.1 Å². The molecule has 0 radical (unpaired) electrons. The fourth-order valence-electron chi connectivity index (χ4n) is 5.18. The molecule has 2 atom stereocenters. The number of methoxy groups -OCH3 is 1. The van der Waals surface area contributed by atoms with E-state index >= 15 is 0 Å². The van der Waals surface area contributed by atoms with Gasteiger partial charge in [0.25, 0.3) is 17.4 Å². The average Bonchev–Trinajstić information content (AvgIpc) is 2.89. The lowest BCUT2D eigenvalue weighted by Crippen LogP contribution is -2.50. The lowest BCUT2D eigenvalue weighted by atomic mass is 9.83. The van der Waals surface area contributed by atoms with Crippen LogP contribution >= 0.6 is 23.2 Å². The van der Waals surface area contributed by atoms with Gasteiger partial charge in [0.2, 0.25) is 0 Å². The minimum absolute atomic E-state index is 0.0194. The predicted molar refractivity (Wildman–Crippen MR) is 143 cm³/mol. The van der Waals surface area contributed by atoms with Gasteiger partial charge in [0.1, 0.15) is 11.4 Å². The average molecular weight is 538 g/mol. The van der Waals surface area contributed by atoms with Gasteiger partial charge in [0.05, 0.1) is 12.7 Å². The van der Waals surface area contributed by atoms with E-state index in [2.05, 4.69) is 5.32 Å². The molecule has 2 aliphatic heterocycles. The summed E-state index contributed by atoms with van der Waals surface area (Å²) in [4.78, 5) is 41.3. The van der Waals surface area contributed by atoms with Crippen molar-refractivity contribution in [2.24, 2.45) is 5.92 Å². The number of hydrogen-bond donors (Lipinski definition) is 1. The maximum Gasteiger partial charge on any atom is 0.270 e. The van der Waals surface area contributed by atoms with Crippen molar-refractivity contribution in [3.63, 3.8) is 0 Å². The number of pyridine rings is 1. The molecule has 0 spiro atoms. The molecule has 1 fully saturated rings. The van der Waals surface area contributed by atoms with Crippen LogP contribution in [0.1, 0.15) is 34.0 Å². The summed E-state index contributed by atoms with van der Waals surface area (Å²) < 4.78 is 7.14. The normalized spacial score (nSPS) is 18.7. The van der Waals surface area contributed by atoms with Crippen LogP contribution in [0.2, 0.25) is 10.0 Å². The second kappa shape index (κ2) is 10.4. The summed E-state index contributed by atoms with van der Waals surface area (Å²) in [6.45, 7) is 1.48. The minimum atomic E-state index is -0.528. The molecule has 37 heavy (non-hydrogen) atoms. The summed E-state index contributed by atoms with van der Waals surface area (Å²) in [7, 11) is 1.46. The van der Waals surface area contributed by atoms with Crippen LogP contribution in [0.15, 0.2) is 71.2 Å². The molecule has 190 valence electrons. The van der Waals surface area contributed by atoms with Crippen LogP contribution in [-0.4, -0.2) is 41.5 Å². The van der Waals surface area contributed by atoms with Crippen molar-refractivity contribution in [3.05, 3.63) is 104 Å². The monoisotopic (exact) mass is 537 g/mol. The van der Waals surface area contributed by atoms with Crippen molar-refractivity contribution in [1.82, 2.24) is 14.8 Å². The minimum Gasteiger partial charge on any atom is -0.496 e. The largest absolute Gasteiger partial charge is 0.496 e. The number of likely N-dealkylation sites (tertiary alicyclic amines) is 1. The summed E-state index contributed by atoms with van der Waals surface area (Å²) >= 11 is 12.5. The molecule has 0 unspecified atom stereocenters. The zero-order valence-corrected chi connectivity index (χ0v) is 21.6. The molecular formula is C28H25Cl2N3O4. The van der Waals surface area contributed by atoms with E-state index in [9.17, 15) is 14.4 Å². The fourth-order valence-corrected chi connectivity index (χ4v) is 5.54. The van der Waals surface area contributed by atoms with Crippen molar-refractivity contribution in [2.75, 3.05) is 20.2 Å². The second-order valence-corrected chi connectivity index (χ2v) is 10.1. The first-order valence-electron chi connectivity index (χ1n) is 11.9. The summed E-state index contributed by atoms with van der Waals surface area (Å²) in [5, 5.41) is 3.60. The van der Waals surface area contributed by atoms with E-state index in [1.807, 2.05) is 16.7 Å². The highest BCUT2D eigenvalue weighted by Gasteiger charge is 2.37. The quantitative estimate of drug-likeness (QED) is 0.483. The number of piperidine rings is 1. The zero-order chi connectivity index (χ0) is 26.1. The first-order chi connectivity index (χ1) is 17.8. The highest BCUT2D eigenvalue weighted by atomic mass is 35.5. The highest BCUT2D eigenvalue weighted by Crippen LogP contribution is 2.35. The van der Waals surface area contributed by atoms with Gasteiger partial charge in [-0.3, -0.25) is 14.4 Å². The van der Waals surface area contributed by atoms with Gasteiger partial charge in [-0.25, -0.2) is 0 Å². The first-order valence-corrected chi connectivity index (χ1v) is 12.7. The van der Waals surface area contributed by atoms with Gasteiger partial charge in [-0.15, -0.1) is 0 Å². The molecule has 9 heteroatoms. The van der Waals surface area contributed by atoms with Gasteiger partial charge < -0.3 is 19.5 Å². The molecular weight excluding hydrogens is 513 g/mol. The highest BCUT2D eigenvalue weighted by molar-refractivity contribution is 6.32. The van der Waals surface area contributed by atoms with Gasteiger partial charge in [0.15, 0.2) is 0 Å². The summed E-state index contributed by atoms with van der Waals surface area (Å²) in [5.41, 5.74) is 1.81. The first kappa shape index (κ1) is 25.1. The maximum absolute atomic E-state index is 13.9. The molecule has 2 bridgehead atoms. The Labute approximate surface area is 224 Å². The van der Waals surface area contributed by atoms with Crippen molar-refractivity contribution in [3.8, 4) is 5.75 Å². The molecule has 2 aliphatic rings. The number of nitrogens with one attached hydrogen (secondary N) is 1. The maximum atomic E-state index is 13.9. The number of amides is 2. The van der Waals surface area contributed by atoms with Crippen LogP contribution < -0.4 is 15.6 Å². The molecule has 1 N–H and O–H groups in total. The molecule has 2 amide bonds. The van der Waals surface area contributed by atoms with Crippen LogP contribution in [0.5, 0.6) is 5.75 Å². The number of halogens is 2. The number of carbonyl (C=O) groups excluding carboxylic acids is 2. The number of fused-ring (bicyclic) bond motifs is 4. The van der Waals surface area contributed by atoms with Gasteiger partial charge in [-0.05, 0) is 54.3 Å². The Morgan fingerprint density at radius 1 is 1.03 bits per heavy atom. The van der Waals surface area contributed by atoms with Crippen LogP contribution in [0.3, 0.4) is 0 Å². The Kier molecular flexibility index (Phi) is 7.09. The second-order valence-electron chi connectivity index (χ2n) is 9.29.